The number of aromatic amines is 1. The predicted octanol–water partition coefficient (Wildman–Crippen LogP) is 4.25. The fraction of sp³-hybridized carbons (Fsp3) is 0.0909. The highest BCUT2D eigenvalue weighted by Gasteiger charge is 2.21. The lowest BCUT2D eigenvalue weighted by Gasteiger charge is -2.14. The van der Waals surface area contributed by atoms with Gasteiger partial charge in [-0.1, -0.05) is 11.6 Å². The summed E-state index contributed by atoms with van der Waals surface area (Å²) in [6.45, 7) is 0. The molecule has 2 aromatic carbocycles. The van der Waals surface area contributed by atoms with Gasteiger partial charge in [0.05, 0.1) is 11.0 Å². The van der Waals surface area contributed by atoms with Crippen molar-refractivity contribution in [1.29, 1.82) is 0 Å². The largest absolute Gasteiger partial charge is 0.480 e. The molecule has 7 nitrogen and oxygen atoms in total. The van der Waals surface area contributed by atoms with Crippen LogP contribution in [0.2, 0.25) is 5.02 Å². The van der Waals surface area contributed by atoms with E-state index in [1.165, 1.54) is 11.8 Å². The average Bonchev–Trinajstić information content (AvgIpc) is 3.21. The van der Waals surface area contributed by atoms with E-state index in [-0.39, 0.29) is 5.75 Å². The van der Waals surface area contributed by atoms with Crippen LogP contribution in [0.3, 0.4) is 0 Å². The molecule has 1 amide bonds. The number of rotatable bonds is 7. The number of nitrogens with zero attached hydrogens (tertiary/aromatic N) is 2. The van der Waals surface area contributed by atoms with Crippen LogP contribution in [0.4, 0.5) is 0 Å². The van der Waals surface area contributed by atoms with Crippen LogP contribution in [0.1, 0.15) is 10.4 Å². The van der Waals surface area contributed by atoms with E-state index >= 15 is 0 Å². The summed E-state index contributed by atoms with van der Waals surface area (Å²) in [4.78, 5) is 36.9. The molecule has 0 radical (unpaired) electrons. The monoisotopic (exact) mass is 452 g/mol. The number of amides is 1. The molecule has 4 rings (SSSR count). The SMILES string of the molecule is O=C(N[C@@H](CSc1ccc(Cl)cc1)C(=O)O)c1ccc2nc(-c3ccncc3)[nH]c2c1. The summed E-state index contributed by atoms with van der Waals surface area (Å²) >= 11 is 7.20. The Balaban J connectivity index is 1.47. The van der Waals surface area contributed by atoms with Crippen LogP contribution in [0.15, 0.2) is 71.9 Å². The van der Waals surface area contributed by atoms with Gasteiger partial charge in [0.2, 0.25) is 0 Å². The first kappa shape index (κ1) is 20.9. The van der Waals surface area contributed by atoms with E-state index in [1.54, 1.807) is 54.9 Å². The zero-order valence-corrected chi connectivity index (χ0v) is 17.7. The molecule has 31 heavy (non-hydrogen) atoms. The van der Waals surface area contributed by atoms with Crippen LogP contribution in [0, 0.1) is 0 Å². The molecule has 0 unspecified atom stereocenters. The van der Waals surface area contributed by atoms with Crippen LogP contribution in [-0.2, 0) is 4.79 Å². The number of aromatic nitrogens is 3. The summed E-state index contributed by atoms with van der Waals surface area (Å²) in [6, 6.07) is 14.7. The molecule has 156 valence electrons. The number of imidazole rings is 1. The van der Waals surface area contributed by atoms with Gasteiger partial charge in [-0.15, -0.1) is 11.8 Å². The molecule has 2 aromatic heterocycles. The highest BCUT2D eigenvalue weighted by Crippen LogP contribution is 2.22. The van der Waals surface area contributed by atoms with Crippen LogP contribution in [0.5, 0.6) is 0 Å². The second kappa shape index (κ2) is 9.20. The summed E-state index contributed by atoms with van der Waals surface area (Å²) in [5.41, 5.74) is 2.61. The molecule has 0 fully saturated rings. The number of carbonyl (C=O) groups excluding carboxylic acids is 1. The van der Waals surface area contributed by atoms with Crippen LogP contribution in [0.25, 0.3) is 22.4 Å². The van der Waals surface area contributed by atoms with Crippen molar-refractivity contribution < 1.29 is 14.7 Å². The van der Waals surface area contributed by atoms with E-state index in [0.717, 1.165) is 10.5 Å². The number of nitrogens with one attached hydrogen (secondary N) is 2. The van der Waals surface area contributed by atoms with Crippen molar-refractivity contribution in [2.75, 3.05) is 5.75 Å². The molecule has 2 heterocycles. The maximum absolute atomic E-state index is 12.7. The van der Waals surface area contributed by atoms with Gasteiger partial charge in [0.25, 0.3) is 5.91 Å². The van der Waals surface area contributed by atoms with Crippen LogP contribution < -0.4 is 5.32 Å². The van der Waals surface area contributed by atoms with Gasteiger partial charge in [-0.25, -0.2) is 9.78 Å². The molecular formula is C22H17ClN4O3S. The van der Waals surface area contributed by atoms with Crippen molar-refractivity contribution in [2.45, 2.75) is 10.9 Å². The highest BCUT2D eigenvalue weighted by molar-refractivity contribution is 7.99. The third-order valence-electron chi connectivity index (χ3n) is 4.53. The summed E-state index contributed by atoms with van der Waals surface area (Å²) in [6.07, 6.45) is 3.35. The Kier molecular flexibility index (Phi) is 6.20. The van der Waals surface area contributed by atoms with Crippen molar-refractivity contribution in [3.05, 3.63) is 77.6 Å². The number of pyridine rings is 1. The second-order valence-corrected chi connectivity index (χ2v) is 8.21. The number of hydrogen-bond acceptors (Lipinski definition) is 5. The molecule has 0 spiro atoms. The maximum Gasteiger partial charge on any atom is 0.327 e. The van der Waals surface area contributed by atoms with Crippen molar-refractivity contribution in [2.24, 2.45) is 0 Å². The molecular weight excluding hydrogens is 436 g/mol. The maximum atomic E-state index is 12.7. The van der Waals surface area contributed by atoms with Gasteiger partial charge in [-0.2, -0.15) is 0 Å². The molecule has 9 heteroatoms. The summed E-state index contributed by atoms with van der Waals surface area (Å²) in [5, 5.41) is 12.7. The smallest absolute Gasteiger partial charge is 0.327 e. The summed E-state index contributed by atoms with van der Waals surface area (Å²) in [7, 11) is 0. The Labute approximate surface area is 186 Å². The predicted molar refractivity (Wildman–Crippen MR) is 120 cm³/mol. The van der Waals surface area contributed by atoms with Crippen molar-refractivity contribution in [1.82, 2.24) is 20.3 Å². The van der Waals surface area contributed by atoms with Crippen LogP contribution in [-0.4, -0.2) is 43.7 Å². The number of halogens is 1. The van der Waals surface area contributed by atoms with Crippen molar-refractivity contribution in [3.63, 3.8) is 0 Å². The number of fused-ring (bicyclic) bond motifs is 1. The Morgan fingerprint density at radius 1 is 1.10 bits per heavy atom. The molecule has 3 N–H and O–H groups in total. The minimum Gasteiger partial charge on any atom is -0.480 e. The normalized spacial score (nSPS) is 11.9. The Morgan fingerprint density at radius 3 is 2.55 bits per heavy atom. The number of carboxylic acid groups (broad SMARTS) is 1. The topological polar surface area (TPSA) is 108 Å². The number of benzene rings is 2. The fourth-order valence-electron chi connectivity index (χ4n) is 2.92. The zero-order chi connectivity index (χ0) is 21.8. The van der Waals surface area contributed by atoms with Gasteiger partial charge in [-0.05, 0) is 54.6 Å². The third kappa shape index (κ3) is 5.04. The second-order valence-electron chi connectivity index (χ2n) is 6.68. The minimum absolute atomic E-state index is 0.182. The molecule has 0 bridgehead atoms. The number of aliphatic carboxylic acids is 1. The number of thioether (sulfide) groups is 1. The van der Waals surface area contributed by atoms with E-state index < -0.39 is 17.9 Å². The molecule has 0 aliphatic heterocycles. The van der Waals surface area contributed by atoms with Crippen molar-refractivity contribution in [3.8, 4) is 11.4 Å². The van der Waals surface area contributed by atoms with Crippen LogP contribution >= 0.6 is 23.4 Å². The van der Waals surface area contributed by atoms with Gasteiger partial charge in [0, 0.05) is 39.2 Å². The van der Waals surface area contributed by atoms with Crippen molar-refractivity contribution >= 4 is 46.3 Å². The minimum atomic E-state index is -1.10. The first-order valence-electron chi connectivity index (χ1n) is 9.32. The number of H-pyrrole nitrogens is 1. The number of carboxylic acids is 1. The Hall–Kier alpha value is -3.36. The van der Waals surface area contributed by atoms with E-state index in [0.29, 0.717) is 27.4 Å². The lowest BCUT2D eigenvalue weighted by atomic mass is 10.2. The zero-order valence-electron chi connectivity index (χ0n) is 16.1. The number of hydrogen-bond donors (Lipinski definition) is 3. The Bertz CT molecular complexity index is 1230. The summed E-state index contributed by atoms with van der Waals surface area (Å²) < 4.78 is 0. The molecule has 4 aromatic rings. The Morgan fingerprint density at radius 2 is 1.84 bits per heavy atom. The van der Waals surface area contributed by atoms with Gasteiger partial charge in [0.15, 0.2) is 0 Å². The van der Waals surface area contributed by atoms with Gasteiger partial charge < -0.3 is 15.4 Å². The molecule has 0 aliphatic carbocycles. The third-order valence-corrected chi connectivity index (χ3v) is 5.89. The van der Waals surface area contributed by atoms with E-state index in [2.05, 4.69) is 20.3 Å². The first-order valence-corrected chi connectivity index (χ1v) is 10.7. The molecule has 0 saturated carbocycles. The lowest BCUT2D eigenvalue weighted by Crippen LogP contribution is -2.42. The fourth-order valence-corrected chi connectivity index (χ4v) is 3.96. The molecule has 0 saturated heterocycles. The lowest BCUT2D eigenvalue weighted by molar-refractivity contribution is -0.138. The van der Waals surface area contributed by atoms with E-state index in [4.69, 9.17) is 11.6 Å². The van der Waals surface area contributed by atoms with Gasteiger partial charge in [0.1, 0.15) is 11.9 Å². The van der Waals surface area contributed by atoms with Gasteiger partial charge >= 0.3 is 5.97 Å². The average molecular weight is 453 g/mol. The summed E-state index contributed by atoms with van der Waals surface area (Å²) in [5.74, 6) is -0.720. The first-order chi connectivity index (χ1) is 15.0. The van der Waals surface area contributed by atoms with E-state index in [9.17, 15) is 14.7 Å². The number of carbonyl (C=O) groups is 2. The highest BCUT2D eigenvalue weighted by atomic mass is 35.5. The van der Waals surface area contributed by atoms with E-state index in [1.807, 2.05) is 12.1 Å². The van der Waals surface area contributed by atoms with Gasteiger partial charge in [-0.3, -0.25) is 9.78 Å². The standard InChI is InChI=1S/C22H17ClN4O3S/c23-15-2-4-16(5-3-15)31-12-19(22(29)30)27-21(28)14-1-6-17-18(11-14)26-20(25-17)13-7-9-24-10-8-13/h1-11,19H,12H2,(H,25,26)(H,27,28)(H,29,30)/t19-/m0/s1. The quantitative estimate of drug-likeness (QED) is 0.362. The molecule has 1 atom stereocenters. The molecule has 0 aliphatic rings.